The zero-order chi connectivity index (χ0) is 12.0. The van der Waals surface area contributed by atoms with E-state index in [1.807, 2.05) is 6.92 Å². The molecule has 0 saturated heterocycles. The minimum atomic E-state index is -0.470. The van der Waals surface area contributed by atoms with Gasteiger partial charge in [0, 0.05) is 6.54 Å². The standard InChI is InChI=1S/C12H14FNO2/c1-3-6-14-12(15)8-16-11-7-9(2)4-5-10(11)13/h3-5,7H,1,6,8H2,2H3,(H,14,15). The van der Waals surface area contributed by atoms with Gasteiger partial charge in [-0.1, -0.05) is 12.1 Å². The Morgan fingerprint density at radius 1 is 1.62 bits per heavy atom. The molecule has 0 atom stereocenters. The number of hydrogen-bond donors (Lipinski definition) is 1. The van der Waals surface area contributed by atoms with Gasteiger partial charge in [0.25, 0.3) is 5.91 Å². The number of ether oxygens (including phenoxy) is 1. The zero-order valence-electron chi connectivity index (χ0n) is 9.13. The van der Waals surface area contributed by atoms with Crippen molar-refractivity contribution in [3.8, 4) is 5.75 Å². The third-order valence-electron chi connectivity index (χ3n) is 1.89. The van der Waals surface area contributed by atoms with Crippen LogP contribution in [0.4, 0.5) is 4.39 Å². The molecule has 0 bridgehead atoms. The lowest BCUT2D eigenvalue weighted by atomic mass is 10.2. The summed E-state index contributed by atoms with van der Waals surface area (Å²) >= 11 is 0. The maximum atomic E-state index is 13.2. The summed E-state index contributed by atoms with van der Waals surface area (Å²) in [4.78, 5) is 11.2. The van der Waals surface area contributed by atoms with Crippen LogP contribution in [0.3, 0.4) is 0 Å². The summed E-state index contributed by atoms with van der Waals surface area (Å²) in [6, 6.07) is 4.50. The largest absolute Gasteiger partial charge is 0.481 e. The summed E-state index contributed by atoms with van der Waals surface area (Å²) in [5.41, 5.74) is 0.878. The van der Waals surface area contributed by atoms with Crippen LogP contribution >= 0.6 is 0 Å². The number of halogens is 1. The Morgan fingerprint density at radius 2 is 2.38 bits per heavy atom. The van der Waals surface area contributed by atoms with Gasteiger partial charge in [0.1, 0.15) is 0 Å². The molecule has 1 amide bonds. The number of nitrogens with one attached hydrogen (secondary N) is 1. The van der Waals surface area contributed by atoms with Gasteiger partial charge >= 0.3 is 0 Å². The van der Waals surface area contributed by atoms with Crippen LogP contribution in [0.25, 0.3) is 0 Å². The molecule has 1 aromatic rings. The summed E-state index contributed by atoms with van der Waals surface area (Å²) < 4.78 is 18.3. The van der Waals surface area contributed by atoms with Crippen molar-refractivity contribution in [2.45, 2.75) is 6.92 Å². The number of hydrogen-bond acceptors (Lipinski definition) is 2. The van der Waals surface area contributed by atoms with Crippen LogP contribution in [0.1, 0.15) is 5.56 Å². The summed E-state index contributed by atoms with van der Waals surface area (Å²) in [6.07, 6.45) is 1.56. The van der Waals surface area contributed by atoms with Crippen LogP contribution in [0.5, 0.6) is 5.75 Å². The van der Waals surface area contributed by atoms with Crippen molar-refractivity contribution in [3.05, 3.63) is 42.2 Å². The third kappa shape index (κ3) is 3.73. The highest BCUT2D eigenvalue weighted by Gasteiger charge is 2.06. The molecule has 0 aliphatic rings. The molecule has 16 heavy (non-hydrogen) atoms. The fourth-order valence-corrected chi connectivity index (χ4v) is 1.10. The van der Waals surface area contributed by atoms with Gasteiger partial charge in [0.2, 0.25) is 0 Å². The summed E-state index contributed by atoms with van der Waals surface area (Å²) in [6.45, 7) is 5.46. The molecule has 0 radical (unpaired) electrons. The predicted molar refractivity (Wildman–Crippen MR) is 59.8 cm³/mol. The first kappa shape index (κ1) is 12.2. The molecule has 0 unspecified atom stereocenters. The van der Waals surface area contributed by atoms with Crippen molar-refractivity contribution >= 4 is 5.91 Å². The fraction of sp³-hybridized carbons (Fsp3) is 0.250. The molecule has 0 heterocycles. The first-order valence-corrected chi connectivity index (χ1v) is 4.90. The van der Waals surface area contributed by atoms with Crippen molar-refractivity contribution in [1.29, 1.82) is 0 Å². The average molecular weight is 223 g/mol. The molecule has 3 nitrogen and oxygen atoms in total. The van der Waals surface area contributed by atoms with Gasteiger partial charge < -0.3 is 10.1 Å². The van der Waals surface area contributed by atoms with Crippen molar-refractivity contribution in [3.63, 3.8) is 0 Å². The number of rotatable bonds is 5. The molecule has 1 aromatic carbocycles. The minimum Gasteiger partial charge on any atom is -0.481 e. The highest BCUT2D eigenvalue weighted by molar-refractivity contribution is 5.77. The highest BCUT2D eigenvalue weighted by atomic mass is 19.1. The van der Waals surface area contributed by atoms with Gasteiger partial charge in [-0.3, -0.25) is 4.79 Å². The number of benzene rings is 1. The molecule has 1 N–H and O–H groups in total. The maximum Gasteiger partial charge on any atom is 0.258 e. The molecule has 0 aliphatic carbocycles. The minimum absolute atomic E-state index is 0.0914. The summed E-state index contributed by atoms with van der Waals surface area (Å²) in [7, 11) is 0. The first-order chi connectivity index (χ1) is 7.63. The Morgan fingerprint density at radius 3 is 3.06 bits per heavy atom. The van der Waals surface area contributed by atoms with Crippen molar-refractivity contribution in [2.75, 3.05) is 13.2 Å². The molecule has 86 valence electrons. The Kier molecular flexibility index (Phi) is 4.51. The lowest BCUT2D eigenvalue weighted by molar-refractivity contribution is -0.122. The zero-order valence-corrected chi connectivity index (χ0v) is 9.13. The van der Waals surface area contributed by atoms with Gasteiger partial charge in [0.05, 0.1) is 0 Å². The normalized spacial score (nSPS) is 9.62. The van der Waals surface area contributed by atoms with Crippen LogP contribution in [0.2, 0.25) is 0 Å². The van der Waals surface area contributed by atoms with E-state index in [4.69, 9.17) is 4.74 Å². The van der Waals surface area contributed by atoms with Crippen LogP contribution < -0.4 is 10.1 Å². The quantitative estimate of drug-likeness (QED) is 0.773. The van der Waals surface area contributed by atoms with Gasteiger partial charge in [-0.05, 0) is 24.6 Å². The Bertz CT molecular complexity index is 391. The molecule has 0 spiro atoms. The van der Waals surface area contributed by atoms with Crippen LogP contribution in [0.15, 0.2) is 30.9 Å². The fourth-order valence-electron chi connectivity index (χ4n) is 1.10. The van der Waals surface area contributed by atoms with Crippen molar-refractivity contribution in [1.82, 2.24) is 5.32 Å². The third-order valence-corrected chi connectivity index (χ3v) is 1.89. The maximum absolute atomic E-state index is 13.2. The molecule has 0 fully saturated rings. The first-order valence-electron chi connectivity index (χ1n) is 4.90. The molecule has 4 heteroatoms. The Labute approximate surface area is 93.9 Å². The molecule has 0 saturated carbocycles. The number of carbonyl (C=O) groups excluding carboxylic acids is 1. The number of aryl methyl sites for hydroxylation is 1. The predicted octanol–water partition coefficient (Wildman–Crippen LogP) is 1.82. The highest BCUT2D eigenvalue weighted by Crippen LogP contribution is 2.17. The van der Waals surface area contributed by atoms with Crippen molar-refractivity contribution < 1.29 is 13.9 Å². The van der Waals surface area contributed by atoms with E-state index in [2.05, 4.69) is 11.9 Å². The summed E-state index contributed by atoms with van der Waals surface area (Å²) in [5.74, 6) is -0.684. The lowest BCUT2D eigenvalue weighted by Crippen LogP contribution is -2.28. The van der Waals surface area contributed by atoms with E-state index in [1.54, 1.807) is 18.2 Å². The average Bonchev–Trinajstić information content (AvgIpc) is 2.27. The molecule has 0 aliphatic heterocycles. The van der Waals surface area contributed by atoms with E-state index in [0.717, 1.165) is 5.56 Å². The number of carbonyl (C=O) groups is 1. The van der Waals surface area contributed by atoms with Gasteiger partial charge in [0.15, 0.2) is 18.2 Å². The van der Waals surface area contributed by atoms with Gasteiger partial charge in [-0.25, -0.2) is 4.39 Å². The molecule has 0 aromatic heterocycles. The Balaban J connectivity index is 2.50. The number of amides is 1. The second-order valence-electron chi connectivity index (χ2n) is 3.32. The molecular weight excluding hydrogens is 209 g/mol. The van der Waals surface area contributed by atoms with Crippen LogP contribution in [-0.4, -0.2) is 19.1 Å². The van der Waals surface area contributed by atoms with Gasteiger partial charge in [-0.15, -0.1) is 6.58 Å². The summed E-state index contributed by atoms with van der Waals surface area (Å²) in [5, 5.41) is 2.53. The second kappa shape index (κ2) is 5.90. The molecular formula is C12H14FNO2. The Hall–Kier alpha value is -1.84. The van der Waals surface area contributed by atoms with E-state index >= 15 is 0 Å². The van der Waals surface area contributed by atoms with Gasteiger partial charge in [-0.2, -0.15) is 0 Å². The van der Waals surface area contributed by atoms with E-state index in [1.165, 1.54) is 6.07 Å². The monoisotopic (exact) mass is 223 g/mol. The van der Waals surface area contributed by atoms with Crippen LogP contribution in [0, 0.1) is 12.7 Å². The topological polar surface area (TPSA) is 38.3 Å². The second-order valence-corrected chi connectivity index (χ2v) is 3.32. The van der Waals surface area contributed by atoms with E-state index in [0.29, 0.717) is 6.54 Å². The molecule has 1 rings (SSSR count). The SMILES string of the molecule is C=CCNC(=O)COc1cc(C)ccc1F. The van der Waals surface area contributed by atoms with E-state index in [-0.39, 0.29) is 18.3 Å². The van der Waals surface area contributed by atoms with Crippen LogP contribution in [-0.2, 0) is 4.79 Å². The lowest BCUT2D eigenvalue weighted by Gasteiger charge is -2.07. The van der Waals surface area contributed by atoms with E-state index < -0.39 is 5.82 Å². The smallest absolute Gasteiger partial charge is 0.258 e. The van der Waals surface area contributed by atoms with E-state index in [9.17, 15) is 9.18 Å². The van der Waals surface area contributed by atoms with Crippen molar-refractivity contribution in [2.24, 2.45) is 0 Å².